The van der Waals surface area contributed by atoms with Crippen molar-refractivity contribution in [3.8, 4) is 11.1 Å². The SMILES string of the molecule is O=C(c1ccncc1)N1CC[C@H]2[C@H](CO)Nc3ccc(-c4ccc(F)cc4)cc3[C@H]21. The van der Waals surface area contributed by atoms with Crippen LogP contribution in [0.2, 0.25) is 0 Å². The minimum absolute atomic E-state index is 0.0115. The molecule has 6 heteroatoms. The fraction of sp³-hybridized carbons (Fsp3) is 0.250. The van der Waals surface area contributed by atoms with Crippen LogP contribution in [0.15, 0.2) is 67.0 Å². The number of aromatic nitrogens is 1. The van der Waals surface area contributed by atoms with E-state index in [1.807, 2.05) is 17.0 Å². The van der Waals surface area contributed by atoms with Gasteiger partial charge in [-0.05, 0) is 59.5 Å². The number of likely N-dealkylation sites (tertiary alicyclic amines) is 1. The Balaban J connectivity index is 1.57. The zero-order chi connectivity index (χ0) is 20.7. The summed E-state index contributed by atoms with van der Waals surface area (Å²) in [6.45, 7) is 0.645. The van der Waals surface area contributed by atoms with Crippen LogP contribution in [-0.2, 0) is 0 Å². The number of halogens is 1. The van der Waals surface area contributed by atoms with Gasteiger partial charge in [0.05, 0.1) is 18.7 Å². The Morgan fingerprint density at radius 3 is 2.57 bits per heavy atom. The summed E-state index contributed by atoms with van der Waals surface area (Å²) in [6, 6.07) is 15.7. The molecular weight excluding hydrogens is 381 g/mol. The molecule has 152 valence electrons. The maximum Gasteiger partial charge on any atom is 0.254 e. The molecule has 0 bridgehead atoms. The zero-order valence-electron chi connectivity index (χ0n) is 16.3. The molecule has 0 saturated carbocycles. The first-order valence-electron chi connectivity index (χ1n) is 10.1. The fourth-order valence-corrected chi connectivity index (χ4v) is 4.77. The molecule has 5 nitrogen and oxygen atoms in total. The van der Waals surface area contributed by atoms with Crippen molar-refractivity contribution in [2.75, 3.05) is 18.5 Å². The Bertz CT molecular complexity index is 1070. The van der Waals surface area contributed by atoms with E-state index in [2.05, 4.69) is 16.4 Å². The average molecular weight is 403 g/mol. The van der Waals surface area contributed by atoms with Crippen molar-refractivity contribution in [1.82, 2.24) is 9.88 Å². The summed E-state index contributed by atoms with van der Waals surface area (Å²) in [7, 11) is 0. The Hall–Kier alpha value is -3.25. The minimum atomic E-state index is -0.269. The Morgan fingerprint density at radius 2 is 1.83 bits per heavy atom. The molecule has 3 heterocycles. The minimum Gasteiger partial charge on any atom is -0.394 e. The van der Waals surface area contributed by atoms with Gasteiger partial charge in [0.2, 0.25) is 0 Å². The normalized spacial score (nSPS) is 22.2. The molecular formula is C24H22FN3O2. The van der Waals surface area contributed by atoms with Crippen LogP contribution < -0.4 is 5.32 Å². The van der Waals surface area contributed by atoms with E-state index in [9.17, 15) is 14.3 Å². The van der Waals surface area contributed by atoms with E-state index in [1.54, 1.807) is 36.7 Å². The van der Waals surface area contributed by atoms with E-state index in [-0.39, 0.29) is 36.3 Å². The summed E-state index contributed by atoms with van der Waals surface area (Å²) >= 11 is 0. The summed E-state index contributed by atoms with van der Waals surface area (Å²) in [5.41, 5.74) is 4.47. The van der Waals surface area contributed by atoms with Gasteiger partial charge < -0.3 is 15.3 Å². The van der Waals surface area contributed by atoms with Crippen LogP contribution in [0.3, 0.4) is 0 Å². The molecule has 3 atom stereocenters. The molecule has 3 aromatic rings. The second kappa shape index (κ2) is 7.54. The molecule has 0 aliphatic carbocycles. The number of amides is 1. The number of anilines is 1. The lowest BCUT2D eigenvalue weighted by Gasteiger charge is -2.39. The predicted octanol–water partition coefficient (Wildman–Crippen LogP) is 3.88. The number of hydrogen-bond donors (Lipinski definition) is 2. The summed E-state index contributed by atoms with van der Waals surface area (Å²) < 4.78 is 13.4. The van der Waals surface area contributed by atoms with E-state index >= 15 is 0 Å². The summed E-state index contributed by atoms with van der Waals surface area (Å²) in [5, 5.41) is 13.4. The van der Waals surface area contributed by atoms with Gasteiger partial charge in [-0.1, -0.05) is 18.2 Å². The lowest BCUT2D eigenvalue weighted by atomic mass is 9.82. The van der Waals surface area contributed by atoms with E-state index in [4.69, 9.17) is 0 Å². The standard InChI is InChI=1S/C24H22FN3O2/c25-18-4-1-15(2-5-18)17-3-6-21-20(13-17)23-19(22(14-29)27-21)9-12-28(23)24(30)16-7-10-26-11-8-16/h1-8,10-11,13,19,22-23,27,29H,9,12,14H2/t19-,22-,23-/m0/s1. The summed E-state index contributed by atoms with van der Waals surface area (Å²) in [4.78, 5) is 19.2. The first-order chi connectivity index (χ1) is 14.7. The van der Waals surface area contributed by atoms with Crippen molar-refractivity contribution in [2.24, 2.45) is 5.92 Å². The maximum atomic E-state index is 13.4. The largest absolute Gasteiger partial charge is 0.394 e. The van der Waals surface area contributed by atoms with Gasteiger partial charge in [-0.15, -0.1) is 0 Å². The van der Waals surface area contributed by atoms with Crippen LogP contribution in [0.1, 0.15) is 28.4 Å². The molecule has 0 radical (unpaired) electrons. The second-order valence-electron chi connectivity index (χ2n) is 7.87. The first-order valence-corrected chi connectivity index (χ1v) is 10.1. The highest BCUT2D eigenvalue weighted by atomic mass is 19.1. The van der Waals surface area contributed by atoms with Crippen LogP contribution in [0.4, 0.5) is 10.1 Å². The Labute approximate surface area is 174 Å². The fourth-order valence-electron chi connectivity index (χ4n) is 4.77. The molecule has 5 rings (SSSR count). The smallest absolute Gasteiger partial charge is 0.254 e. The van der Waals surface area contributed by atoms with Crippen LogP contribution in [0, 0.1) is 11.7 Å². The molecule has 2 N–H and O–H groups in total. The molecule has 30 heavy (non-hydrogen) atoms. The number of carbonyl (C=O) groups excluding carboxylic acids is 1. The van der Waals surface area contributed by atoms with Crippen LogP contribution >= 0.6 is 0 Å². The number of carbonyl (C=O) groups is 1. The van der Waals surface area contributed by atoms with Gasteiger partial charge in [0.25, 0.3) is 5.91 Å². The van der Waals surface area contributed by atoms with Crippen molar-refractivity contribution >= 4 is 11.6 Å². The molecule has 1 saturated heterocycles. The van der Waals surface area contributed by atoms with Gasteiger partial charge in [0.1, 0.15) is 5.82 Å². The quantitative estimate of drug-likeness (QED) is 0.697. The van der Waals surface area contributed by atoms with Gasteiger partial charge in [-0.3, -0.25) is 9.78 Å². The highest BCUT2D eigenvalue weighted by Crippen LogP contribution is 2.47. The molecule has 0 spiro atoms. The number of nitrogens with zero attached hydrogens (tertiary/aromatic N) is 2. The average Bonchev–Trinajstić information content (AvgIpc) is 3.24. The number of aliphatic hydroxyl groups is 1. The molecule has 2 aliphatic rings. The molecule has 2 aromatic carbocycles. The van der Waals surface area contributed by atoms with Crippen LogP contribution in [-0.4, -0.2) is 40.1 Å². The summed E-state index contributed by atoms with van der Waals surface area (Å²) in [6.07, 6.45) is 4.07. The molecule has 1 aromatic heterocycles. The van der Waals surface area contributed by atoms with Crippen LogP contribution in [0.5, 0.6) is 0 Å². The van der Waals surface area contributed by atoms with E-state index < -0.39 is 0 Å². The van der Waals surface area contributed by atoms with Gasteiger partial charge in [0.15, 0.2) is 0 Å². The van der Waals surface area contributed by atoms with Gasteiger partial charge in [-0.2, -0.15) is 0 Å². The number of hydrogen-bond acceptors (Lipinski definition) is 4. The highest BCUT2D eigenvalue weighted by Gasteiger charge is 2.45. The third kappa shape index (κ3) is 3.13. The molecule has 2 aliphatic heterocycles. The third-order valence-electron chi connectivity index (χ3n) is 6.23. The van der Waals surface area contributed by atoms with Gasteiger partial charge in [-0.25, -0.2) is 4.39 Å². The van der Waals surface area contributed by atoms with Crippen molar-refractivity contribution in [1.29, 1.82) is 0 Å². The van der Waals surface area contributed by atoms with Gasteiger partial charge >= 0.3 is 0 Å². The number of aliphatic hydroxyl groups excluding tert-OH is 1. The van der Waals surface area contributed by atoms with Crippen LogP contribution in [0.25, 0.3) is 11.1 Å². The number of pyridine rings is 1. The van der Waals surface area contributed by atoms with Crippen molar-refractivity contribution in [3.05, 3.63) is 83.9 Å². The van der Waals surface area contributed by atoms with Crippen molar-refractivity contribution < 1.29 is 14.3 Å². The molecule has 1 fully saturated rings. The first kappa shape index (κ1) is 18.8. The third-order valence-corrected chi connectivity index (χ3v) is 6.23. The predicted molar refractivity (Wildman–Crippen MR) is 112 cm³/mol. The maximum absolute atomic E-state index is 13.4. The lowest BCUT2D eigenvalue weighted by molar-refractivity contribution is 0.0701. The van der Waals surface area contributed by atoms with Gasteiger partial charge in [0, 0.05) is 36.1 Å². The highest BCUT2D eigenvalue weighted by molar-refractivity contribution is 5.94. The topological polar surface area (TPSA) is 65.5 Å². The number of nitrogens with one attached hydrogen (secondary N) is 1. The summed E-state index contributed by atoms with van der Waals surface area (Å²) in [5.74, 6) is -0.174. The number of rotatable bonds is 3. The van der Waals surface area contributed by atoms with E-state index in [0.29, 0.717) is 12.1 Å². The number of fused-ring (bicyclic) bond motifs is 3. The van der Waals surface area contributed by atoms with Crippen molar-refractivity contribution in [2.45, 2.75) is 18.5 Å². The molecule has 0 unspecified atom stereocenters. The number of benzene rings is 2. The van der Waals surface area contributed by atoms with E-state index in [0.717, 1.165) is 28.8 Å². The Kier molecular flexibility index (Phi) is 4.71. The Morgan fingerprint density at radius 1 is 1.10 bits per heavy atom. The van der Waals surface area contributed by atoms with Crippen molar-refractivity contribution in [3.63, 3.8) is 0 Å². The zero-order valence-corrected chi connectivity index (χ0v) is 16.3. The monoisotopic (exact) mass is 403 g/mol. The van der Waals surface area contributed by atoms with E-state index in [1.165, 1.54) is 12.1 Å². The second-order valence-corrected chi connectivity index (χ2v) is 7.87. The molecule has 1 amide bonds. The lowest BCUT2D eigenvalue weighted by Crippen LogP contribution is -2.42.